The highest BCUT2D eigenvalue weighted by Crippen LogP contribution is 2.38. The minimum absolute atomic E-state index is 0.467. The Kier molecular flexibility index (Phi) is 7.07. The number of fused-ring (bicyclic) bond motifs is 1. The van der Waals surface area contributed by atoms with Crippen molar-refractivity contribution < 1.29 is 9.47 Å². The summed E-state index contributed by atoms with van der Waals surface area (Å²) in [5, 5.41) is 8.38. The van der Waals surface area contributed by atoms with Gasteiger partial charge in [0.15, 0.2) is 11.5 Å². The van der Waals surface area contributed by atoms with Crippen LogP contribution in [0.25, 0.3) is 16.5 Å². The SMILES string of the molecule is COc1cc2c(NC3CCN(C)CC3)cc(C3=CC=C(C)C3)nc2cc1OCC1CCNCC1. The molecule has 0 amide bonds. The quantitative estimate of drug-likeness (QED) is 0.613. The number of hydrogen-bond donors (Lipinski definition) is 2. The van der Waals surface area contributed by atoms with Crippen LogP contribution >= 0.6 is 0 Å². The van der Waals surface area contributed by atoms with E-state index < -0.39 is 0 Å². The largest absolute Gasteiger partial charge is 0.493 e. The monoisotopic (exact) mass is 462 g/mol. The lowest BCUT2D eigenvalue weighted by Gasteiger charge is -2.30. The van der Waals surface area contributed by atoms with Gasteiger partial charge in [0.05, 0.1) is 24.9 Å². The number of rotatable bonds is 7. The second kappa shape index (κ2) is 10.4. The number of nitrogens with zero attached hydrogens (tertiary/aromatic N) is 2. The fourth-order valence-electron chi connectivity index (χ4n) is 5.26. The molecule has 6 nitrogen and oxygen atoms in total. The number of pyridine rings is 1. The first-order chi connectivity index (χ1) is 16.6. The van der Waals surface area contributed by atoms with Crippen molar-refractivity contribution in [2.75, 3.05) is 52.3 Å². The van der Waals surface area contributed by atoms with E-state index in [1.807, 2.05) is 0 Å². The standard InChI is InChI=1S/C28H38N4O2/c1-19-4-5-21(14-19)24-16-25(30-22-8-12-32(2)13-9-22)23-15-27(33-3)28(17-26(23)31-24)34-18-20-6-10-29-11-7-20/h4-5,15-17,20,22,29H,6-14,18H2,1-3H3,(H,30,31). The average Bonchev–Trinajstić information content (AvgIpc) is 3.30. The Bertz CT molecular complexity index is 1080. The maximum absolute atomic E-state index is 6.32. The molecule has 2 aliphatic heterocycles. The van der Waals surface area contributed by atoms with Gasteiger partial charge in [-0.15, -0.1) is 0 Å². The Morgan fingerprint density at radius 2 is 1.85 bits per heavy atom. The Morgan fingerprint density at radius 3 is 2.56 bits per heavy atom. The van der Waals surface area contributed by atoms with Gasteiger partial charge in [-0.05, 0) is 95.9 Å². The van der Waals surface area contributed by atoms with Gasteiger partial charge in [0.2, 0.25) is 0 Å². The molecule has 0 bridgehead atoms. The third-order valence-electron chi connectivity index (χ3n) is 7.47. The molecule has 2 fully saturated rings. The molecule has 1 aliphatic carbocycles. The summed E-state index contributed by atoms with van der Waals surface area (Å²) in [5.74, 6) is 2.15. The summed E-state index contributed by atoms with van der Waals surface area (Å²) in [4.78, 5) is 7.50. The highest BCUT2D eigenvalue weighted by atomic mass is 16.5. The fourth-order valence-corrected chi connectivity index (χ4v) is 5.26. The third kappa shape index (κ3) is 5.23. The summed E-state index contributed by atoms with van der Waals surface area (Å²) < 4.78 is 12.1. The van der Waals surface area contributed by atoms with Crippen LogP contribution in [0.15, 0.2) is 35.9 Å². The van der Waals surface area contributed by atoms with E-state index in [0.29, 0.717) is 12.0 Å². The van der Waals surface area contributed by atoms with Gasteiger partial charge >= 0.3 is 0 Å². The number of nitrogens with one attached hydrogen (secondary N) is 2. The number of hydrogen-bond acceptors (Lipinski definition) is 6. The molecule has 2 aromatic rings. The molecular formula is C28H38N4O2. The van der Waals surface area contributed by atoms with Crippen LogP contribution < -0.4 is 20.1 Å². The topological polar surface area (TPSA) is 58.7 Å². The van der Waals surface area contributed by atoms with Crippen LogP contribution in [-0.4, -0.2) is 62.9 Å². The van der Waals surface area contributed by atoms with Crippen LogP contribution in [0.1, 0.15) is 44.7 Å². The number of anilines is 1. The van der Waals surface area contributed by atoms with Crippen LogP contribution in [0.2, 0.25) is 0 Å². The lowest BCUT2D eigenvalue weighted by molar-refractivity contribution is 0.208. The van der Waals surface area contributed by atoms with Crippen molar-refractivity contribution in [3.05, 3.63) is 41.6 Å². The molecule has 0 radical (unpaired) electrons. The molecule has 0 unspecified atom stereocenters. The first-order valence-electron chi connectivity index (χ1n) is 12.8. The number of ether oxygens (including phenoxy) is 2. The molecule has 0 saturated carbocycles. The highest BCUT2D eigenvalue weighted by molar-refractivity contribution is 5.95. The molecule has 1 aromatic carbocycles. The van der Waals surface area contributed by atoms with E-state index in [1.54, 1.807) is 7.11 Å². The van der Waals surface area contributed by atoms with Gasteiger partial charge in [0.1, 0.15) is 0 Å². The van der Waals surface area contributed by atoms with E-state index in [9.17, 15) is 0 Å². The summed E-state index contributed by atoms with van der Waals surface area (Å²) >= 11 is 0. The smallest absolute Gasteiger partial charge is 0.163 e. The van der Waals surface area contributed by atoms with Gasteiger partial charge in [-0.3, -0.25) is 0 Å². The van der Waals surface area contributed by atoms with Gasteiger partial charge in [-0.25, -0.2) is 4.98 Å². The van der Waals surface area contributed by atoms with Crippen LogP contribution in [0.5, 0.6) is 11.5 Å². The molecule has 6 heteroatoms. The Hall–Kier alpha value is -2.57. The summed E-state index contributed by atoms with van der Waals surface area (Å²) in [6, 6.07) is 6.88. The van der Waals surface area contributed by atoms with E-state index in [0.717, 1.165) is 98.7 Å². The van der Waals surface area contributed by atoms with Crippen molar-refractivity contribution in [3.8, 4) is 11.5 Å². The third-order valence-corrected chi connectivity index (χ3v) is 7.47. The maximum Gasteiger partial charge on any atom is 0.163 e. The molecule has 34 heavy (non-hydrogen) atoms. The van der Waals surface area contributed by atoms with Crippen molar-refractivity contribution in [3.63, 3.8) is 0 Å². The Balaban J connectivity index is 1.48. The zero-order valence-electron chi connectivity index (χ0n) is 20.8. The first kappa shape index (κ1) is 23.2. The maximum atomic E-state index is 6.32. The normalized spacial score (nSPS) is 20.3. The molecule has 0 atom stereocenters. The second-order valence-electron chi connectivity index (χ2n) is 10.2. The van der Waals surface area contributed by atoms with Gasteiger partial charge in [0.25, 0.3) is 0 Å². The summed E-state index contributed by atoms with van der Waals surface area (Å²) in [5.41, 5.74) is 5.80. The van der Waals surface area contributed by atoms with Crippen molar-refractivity contribution in [2.45, 2.75) is 45.1 Å². The van der Waals surface area contributed by atoms with Gasteiger partial charge in [0, 0.05) is 23.2 Å². The first-order valence-corrected chi connectivity index (χ1v) is 12.8. The lowest BCUT2D eigenvalue weighted by atomic mass is 9.99. The van der Waals surface area contributed by atoms with Crippen LogP contribution in [0, 0.1) is 5.92 Å². The van der Waals surface area contributed by atoms with Crippen molar-refractivity contribution >= 4 is 22.2 Å². The molecule has 5 rings (SSSR count). The highest BCUT2D eigenvalue weighted by Gasteiger charge is 2.21. The van der Waals surface area contributed by atoms with Crippen LogP contribution in [-0.2, 0) is 0 Å². The number of allylic oxidation sites excluding steroid dienone is 4. The van der Waals surface area contributed by atoms with Gasteiger partial charge < -0.3 is 25.0 Å². The average molecular weight is 463 g/mol. The molecule has 2 N–H and O–H groups in total. The fraction of sp³-hybridized carbons (Fsp3) is 0.536. The second-order valence-corrected chi connectivity index (χ2v) is 10.2. The number of aromatic nitrogens is 1. The van der Waals surface area contributed by atoms with E-state index in [1.165, 1.54) is 11.1 Å². The molecule has 2 saturated heterocycles. The summed E-state index contributed by atoms with van der Waals surface area (Å²) in [7, 11) is 3.93. The summed E-state index contributed by atoms with van der Waals surface area (Å²) in [6.45, 7) is 7.29. The predicted octanol–water partition coefficient (Wildman–Crippen LogP) is 4.86. The van der Waals surface area contributed by atoms with E-state index in [4.69, 9.17) is 14.5 Å². The van der Waals surface area contributed by atoms with Gasteiger partial charge in [-0.1, -0.05) is 17.7 Å². The van der Waals surface area contributed by atoms with E-state index >= 15 is 0 Å². The molecule has 182 valence electrons. The van der Waals surface area contributed by atoms with Crippen molar-refractivity contribution in [1.29, 1.82) is 0 Å². The predicted molar refractivity (Wildman–Crippen MR) is 140 cm³/mol. The summed E-state index contributed by atoms with van der Waals surface area (Å²) in [6.07, 6.45) is 9.98. The van der Waals surface area contributed by atoms with Crippen molar-refractivity contribution in [2.24, 2.45) is 5.92 Å². The minimum atomic E-state index is 0.467. The Labute approximate surface area is 203 Å². The zero-order chi connectivity index (χ0) is 23.5. The van der Waals surface area contributed by atoms with Crippen LogP contribution in [0.3, 0.4) is 0 Å². The molecule has 3 aliphatic rings. The zero-order valence-corrected chi connectivity index (χ0v) is 20.8. The minimum Gasteiger partial charge on any atom is -0.493 e. The van der Waals surface area contributed by atoms with E-state index in [-0.39, 0.29) is 0 Å². The number of methoxy groups -OCH3 is 1. The lowest BCUT2D eigenvalue weighted by Crippen LogP contribution is -2.36. The van der Waals surface area contributed by atoms with E-state index in [2.05, 4.69) is 59.9 Å². The molecule has 3 heterocycles. The van der Waals surface area contributed by atoms with Gasteiger partial charge in [-0.2, -0.15) is 0 Å². The molecular weight excluding hydrogens is 424 g/mol. The number of piperidine rings is 2. The number of benzene rings is 1. The number of likely N-dealkylation sites (tertiary alicyclic amines) is 1. The molecule has 1 aromatic heterocycles. The Morgan fingerprint density at radius 1 is 1.06 bits per heavy atom. The molecule has 0 spiro atoms. The van der Waals surface area contributed by atoms with Crippen LogP contribution in [0.4, 0.5) is 5.69 Å². The van der Waals surface area contributed by atoms with Crippen molar-refractivity contribution in [1.82, 2.24) is 15.2 Å².